The highest BCUT2D eigenvalue weighted by molar-refractivity contribution is 9.10. The second-order valence-corrected chi connectivity index (χ2v) is 8.97. The summed E-state index contributed by atoms with van der Waals surface area (Å²) >= 11 is 3.28. The first-order valence-corrected chi connectivity index (χ1v) is 10.8. The van der Waals surface area contributed by atoms with Crippen LogP contribution < -0.4 is 5.32 Å². The highest BCUT2D eigenvalue weighted by Gasteiger charge is 2.52. The summed E-state index contributed by atoms with van der Waals surface area (Å²) in [6.07, 6.45) is -0.355. The summed E-state index contributed by atoms with van der Waals surface area (Å²) in [4.78, 5) is 34.5. The van der Waals surface area contributed by atoms with E-state index in [1.807, 2.05) is 13.8 Å². The molecule has 2 fully saturated rings. The predicted octanol–water partition coefficient (Wildman–Crippen LogP) is 2.86. The van der Waals surface area contributed by atoms with Gasteiger partial charge in [-0.2, -0.15) is 0 Å². The number of H-pyrrole nitrogens is 1. The van der Waals surface area contributed by atoms with Gasteiger partial charge in [-0.15, -0.1) is 0 Å². The van der Waals surface area contributed by atoms with Gasteiger partial charge in [0.1, 0.15) is 17.4 Å². The number of likely N-dealkylation sites (tertiary alicyclic amines) is 1. The maximum atomic E-state index is 14.4. The van der Waals surface area contributed by atoms with Crippen LogP contribution in [0.25, 0.3) is 11.0 Å². The van der Waals surface area contributed by atoms with Crippen molar-refractivity contribution >= 4 is 39.0 Å². The molecule has 1 unspecified atom stereocenters. The molecule has 3 heterocycles. The molecule has 11 heteroatoms. The minimum atomic E-state index is -0.953. The van der Waals surface area contributed by atoms with Crippen LogP contribution in [0.3, 0.4) is 0 Å². The zero-order valence-electron chi connectivity index (χ0n) is 17.4. The van der Waals surface area contributed by atoms with Crippen molar-refractivity contribution in [1.82, 2.24) is 20.2 Å². The quantitative estimate of drug-likeness (QED) is 0.671. The standard InChI is InChI=1S/C20H24BrFN4O5/c1-10(2)15(25-19(28)29-3)18(27)26-9-20(30-4-5-31-20)8-14(26)17-23-13-7-11(21)6-12(22)16(13)24-17/h6-7,10,14-15H,4-5,8-9H2,1-3H3,(H,23,24)(H,25,28)/t14-,15?/m0/s1. The number of nitrogens with zero attached hydrogens (tertiary/aromatic N) is 2. The number of nitrogens with one attached hydrogen (secondary N) is 2. The Labute approximate surface area is 186 Å². The maximum Gasteiger partial charge on any atom is 0.407 e. The number of rotatable bonds is 4. The lowest BCUT2D eigenvalue weighted by Crippen LogP contribution is -2.52. The second kappa shape index (κ2) is 8.36. The van der Waals surface area contributed by atoms with Gasteiger partial charge in [-0.1, -0.05) is 29.8 Å². The van der Waals surface area contributed by atoms with Crippen molar-refractivity contribution in [2.45, 2.75) is 38.1 Å². The molecule has 1 aromatic heterocycles. The van der Waals surface area contributed by atoms with Crippen LogP contribution in [0.2, 0.25) is 0 Å². The molecule has 9 nitrogen and oxygen atoms in total. The third kappa shape index (κ3) is 4.13. The van der Waals surface area contributed by atoms with E-state index in [1.54, 1.807) is 11.0 Å². The minimum absolute atomic E-state index is 0.172. The minimum Gasteiger partial charge on any atom is -0.453 e. The van der Waals surface area contributed by atoms with Gasteiger partial charge in [-0.3, -0.25) is 4.79 Å². The van der Waals surface area contributed by atoms with Crippen LogP contribution in [0.1, 0.15) is 32.1 Å². The van der Waals surface area contributed by atoms with Crippen LogP contribution in [0.15, 0.2) is 16.6 Å². The number of amides is 2. The highest BCUT2D eigenvalue weighted by Crippen LogP contribution is 2.42. The Kier molecular flexibility index (Phi) is 5.93. The van der Waals surface area contributed by atoms with Crippen LogP contribution in [0, 0.1) is 11.7 Å². The Bertz CT molecular complexity index is 1010. The van der Waals surface area contributed by atoms with Crippen LogP contribution in [-0.2, 0) is 19.0 Å². The van der Waals surface area contributed by atoms with Crippen molar-refractivity contribution < 1.29 is 28.2 Å². The number of aromatic nitrogens is 2. The molecule has 0 aliphatic carbocycles. The smallest absolute Gasteiger partial charge is 0.407 e. The summed E-state index contributed by atoms with van der Waals surface area (Å²) in [6.45, 7) is 4.67. The topological polar surface area (TPSA) is 106 Å². The molecule has 168 valence electrons. The highest BCUT2D eigenvalue weighted by atomic mass is 79.9. The summed E-state index contributed by atoms with van der Waals surface area (Å²) in [5.74, 6) is -1.51. The molecule has 31 heavy (non-hydrogen) atoms. The third-order valence-electron chi connectivity index (χ3n) is 5.62. The van der Waals surface area contributed by atoms with E-state index in [4.69, 9.17) is 9.47 Å². The van der Waals surface area contributed by atoms with Gasteiger partial charge >= 0.3 is 6.09 Å². The Hall–Kier alpha value is -2.24. The molecule has 2 aliphatic heterocycles. The molecule has 2 aliphatic rings. The SMILES string of the molecule is COC(=O)NC(C(=O)N1CC2(C[C@H]1c1nc3c(F)cc(Br)cc3[nH]1)OCCO2)C(C)C. The summed E-state index contributed by atoms with van der Waals surface area (Å²) in [6, 6.07) is 1.70. The molecule has 2 atom stereocenters. The number of benzene rings is 1. The molecule has 0 radical (unpaired) electrons. The van der Waals surface area contributed by atoms with Gasteiger partial charge in [0.05, 0.1) is 38.4 Å². The number of carbonyl (C=O) groups excluding carboxylic acids is 2. The van der Waals surface area contributed by atoms with Crippen LogP contribution in [-0.4, -0.2) is 65.6 Å². The molecule has 2 N–H and O–H groups in total. The van der Waals surface area contributed by atoms with Crippen molar-refractivity contribution in [2.75, 3.05) is 26.9 Å². The number of alkyl carbamates (subject to hydrolysis) is 1. The normalized spacial score (nSPS) is 21.2. The monoisotopic (exact) mass is 498 g/mol. The largest absolute Gasteiger partial charge is 0.453 e. The van der Waals surface area contributed by atoms with E-state index in [9.17, 15) is 14.0 Å². The number of fused-ring (bicyclic) bond motifs is 1. The molecule has 0 saturated carbocycles. The molecule has 1 aromatic carbocycles. The van der Waals surface area contributed by atoms with Gasteiger partial charge in [0.25, 0.3) is 0 Å². The lowest BCUT2D eigenvalue weighted by Gasteiger charge is -2.30. The number of aromatic amines is 1. The van der Waals surface area contributed by atoms with Gasteiger partial charge in [0, 0.05) is 10.9 Å². The van der Waals surface area contributed by atoms with Gasteiger partial charge < -0.3 is 29.4 Å². The predicted molar refractivity (Wildman–Crippen MR) is 112 cm³/mol. The Morgan fingerprint density at radius 3 is 2.74 bits per heavy atom. The second-order valence-electron chi connectivity index (χ2n) is 8.06. The summed E-state index contributed by atoms with van der Waals surface area (Å²) in [5, 5.41) is 2.61. The fourth-order valence-electron chi connectivity index (χ4n) is 4.12. The van der Waals surface area contributed by atoms with E-state index < -0.39 is 29.8 Å². The zero-order chi connectivity index (χ0) is 22.3. The molecule has 0 bridgehead atoms. The van der Waals surface area contributed by atoms with Gasteiger partial charge in [-0.05, 0) is 18.1 Å². The van der Waals surface area contributed by atoms with Crippen LogP contribution >= 0.6 is 15.9 Å². The molecular formula is C20H24BrFN4O5. The molecule has 2 saturated heterocycles. The zero-order valence-corrected chi connectivity index (χ0v) is 19.0. The molecule has 2 amide bonds. The lowest BCUT2D eigenvalue weighted by atomic mass is 10.0. The van der Waals surface area contributed by atoms with Gasteiger partial charge in [0.2, 0.25) is 5.91 Å². The van der Waals surface area contributed by atoms with E-state index >= 15 is 0 Å². The average Bonchev–Trinajstić information content (AvgIpc) is 3.44. The van der Waals surface area contributed by atoms with E-state index in [-0.39, 0.29) is 23.9 Å². The van der Waals surface area contributed by atoms with Crippen LogP contribution in [0.4, 0.5) is 9.18 Å². The molecule has 1 spiro atoms. The average molecular weight is 499 g/mol. The Morgan fingerprint density at radius 1 is 1.39 bits per heavy atom. The molecule has 2 aromatic rings. The maximum absolute atomic E-state index is 14.4. The first kappa shape index (κ1) is 22.0. The summed E-state index contributed by atoms with van der Waals surface area (Å²) in [5.41, 5.74) is 0.699. The van der Waals surface area contributed by atoms with Crippen molar-refractivity contribution in [3.05, 3.63) is 28.2 Å². The van der Waals surface area contributed by atoms with Crippen molar-refractivity contribution in [1.29, 1.82) is 0 Å². The Morgan fingerprint density at radius 2 is 2.10 bits per heavy atom. The number of hydrogen-bond acceptors (Lipinski definition) is 6. The number of carbonyl (C=O) groups is 2. The number of imidazole rings is 1. The van der Waals surface area contributed by atoms with Crippen molar-refractivity contribution in [2.24, 2.45) is 5.92 Å². The van der Waals surface area contributed by atoms with E-state index in [0.717, 1.165) is 0 Å². The number of halogens is 2. The molecule has 4 rings (SSSR count). The summed E-state index contributed by atoms with van der Waals surface area (Å²) in [7, 11) is 1.24. The third-order valence-corrected chi connectivity index (χ3v) is 6.08. The fraction of sp³-hybridized carbons (Fsp3) is 0.550. The van der Waals surface area contributed by atoms with Gasteiger partial charge in [-0.25, -0.2) is 14.2 Å². The first-order valence-electron chi connectivity index (χ1n) is 10.0. The number of hydrogen-bond donors (Lipinski definition) is 2. The van der Waals surface area contributed by atoms with Crippen molar-refractivity contribution in [3.8, 4) is 0 Å². The van der Waals surface area contributed by atoms with E-state index in [0.29, 0.717) is 35.4 Å². The van der Waals surface area contributed by atoms with E-state index in [2.05, 4.69) is 36.0 Å². The number of ether oxygens (including phenoxy) is 3. The number of methoxy groups -OCH3 is 1. The fourth-order valence-corrected chi connectivity index (χ4v) is 4.55. The Balaban J connectivity index is 1.71. The van der Waals surface area contributed by atoms with E-state index in [1.165, 1.54) is 13.2 Å². The summed E-state index contributed by atoms with van der Waals surface area (Å²) < 4.78 is 31.3. The first-order chi connectivity index (χ1) is 14.7. The van der Waals surface area contributed by atoms with Gasteiger partial charge in [0.15, 0.2) is 11.6 Å². The molecular weight excluding hydrogens is 475 g/mol. The lowest BCUT2D eigenvalue weighted by molar-refractivity contribution is -0.153. The van der Waals surface area contributed by atoms with Crippen molar-refractivity contribution in [3.63, 3.8) is 0 Å². The van der Waals surface area contributed by atoms with Crippen LogP contribution in [0.5, 0.6) is 0 Å².